The van der Waals surface area contributed by atoms with Gasteiger partial charge >= 0.3 is 6.09 Å². The van der Waals surface area contributed by atoms with Crippen molar-refractivity contribution in [1.82, 2.24) is 34.4 Å². The van der Waals surface area contributed by atoms with E-state index in [9.17, 15) is 9.90 Å². The minimum atomic E-state index is -0.856. The Morgan fingerprint density at radius 3 is 2.83 bits per heavy atom. The molecular weight excluding hydrogens is 384 g/mol. The lowest BCUT2D eigenvalue weighted by Gasteiger charge is -2.32. The first-order chi connectivity index (χ1) is 14.6. The minimum absolute atomic E-state index is 0.135. The van der Waals surface area contributed by atoms with Crippen LogP contribution in [-0.4, -0.2) is 58.7 Å². The summed E-state index contributed by atoms with van der Waals surface area (Å²) in [6.07, 6.45) is 3.75. The van der Waals surface area contributed by atoms with Gasteiger partial charge < -0.3 is 24.9 Å². The van der Waals surface area contributed by atoms with Crippen LogP contribution in [0.1, 0.15) is 37.7 Å². The zero-order valence-electron chi connectivity index (χ0n) is 16.5. The van der Waals surface area contributed by atoms with Crippen LogP contribution in [-0.2, 0) is 0 Å². The minimum Gasteiger partial charge on any atom is -0.465 e. The summed E-state index contributed by atoms with van der Waals surface area (Å²) in [5, 5.41) is 12.7. The van der Waals surface area contributed by atoms with Gasteiger partial charge in [-0.3, -0.25) is 0 Å². The van der Waals surface area contributed by atoms with Gasteiger partial charge in [-0.05, 0) is 31.9 Å². The van der Waals surface area contributed by atoms with Gasteiger partial charge in [0.1, 0.15) is 17.7 Å². The number of hydrogen-bond acceptors (Lipinski definition) is 6. The number of para-hydroxylation sites is 2. The largest absolute Gasteiger partial charge is 0.465 e. The van der Waals surface area contributed by atoms with E-state index >= 15 is 0 Å². The van der Waals surface area contributed by atoms with E-state index in [-0.39, 0.29) is 12.1 Å². The van der Waals surface area contributed by atoms with Gasteiger partial charge in [0.25, 0.3) is 0 Å². The molecule has 3 aromatic heterocycles. The van der Waals surface area contributed by atoms with Gasteiger partial charge in [-0.2, -0.15) is 0 Å². The van der Waals surface area contributed by atoms with Crippen LogP contribution < -0.4 is 5.32 Å². The number of rotatable bonds is 4. The molecule has 1 fully saturated rings. The molecule has 4 heterocycles. The summed E-state index contributed by atoms with van der Waals surface area (Å²) in [5.74, 6) is 1.54. The molecule has 1 aliphatic rings. The highest BCUT2D eigenvalue weighted by Gasteiger charge is 2.28. The molecule has 1 unspecified atom stereocenters. The number of carbonyl (C=O) groups is 1. The van der Waals surface area contributed by atoms with Gasteiger partial charge in [0.05, 0.1) is 23.4 Å². The molecular formula is C20H22N8O2. The molecule has 5 rings (SSSR count). The lowest BCUT2D eigenvalue weighted by Crippen LogP contribution is -2.38. The Balaban J connectivity index is 1.50. The van der Waals surface area contributed by atoms with E-state index in [0.29, 0.717) is 30.1 Å². The third-order valence-electron chi connectivity index (χ3n) is 5.68. The van der Waals surface area contributed by atoms with E-state index in [1.165, 1.54) is 11.2 Å². The molecule has 1 saturated heterocycles. The van der Waals surface area contributed by atoms with Gasteiger partial charge in [0, 0.05) is 19.1 Å². The fourth-order valence-corrected chi connectivity index (χ4v) is 4.21. The van der Waals surface area contributed by atoms with Crippen molar-refractivity contribution in [1.29, 1.82) is 0 Å². The van der Waals surface area contributed by atoms with Crippen molar-refractivity contribution in [3.05, 3.63) is 42.7 Å². The lowest BCUT2D eigenvalue weighted by atomic mass is 10.0. The highest BCUT2D eigenvalue weighted by Crippen LogP contribution is 2.32. The third-order valence-corrected chi connectivity index (χ3v) is 5.68. The molecule has 0 saturated carbocycles. The Bertz CT molecular complexity index is 1210. The summed E-state index contributed by atoms with van der Waals surface area (Å²) in [7, 11) is 0. The average Bonchev–Trinajstić information content (AvgIpc) is 3.39. The molecule has 4 aromatic rings. The number of aromatic nitrogens is 6. The van der Waals surface area contributed by atoms with Crippen molar-refractivity contribution in [3.8, 4) is 0 Å². The molecule has 0 spiro atoms. The first kappa shape index (κ1) is 18.3. The van der Waals surface area contributed by atoms with Gasteiger partial charge in [-0.1, -0.05) is 12.1 Å². The SMILES string of the molecule is CC(Nc1ncnc2[nH]cnc12)c1nc2ccccc2n1C1CCN(C(=O)O)CC1. The van der Waals surface area contributed by atoms with Crippen LogP contribution in [0.2, 0.25) is 0 Å². The monoisotopic (exact) mass is 406 g/mol. The second kappa shape index (κ2) is 7.29. The number of carboxylic acid groups (broad SMARTS) is 1. The summed E-state index contributed by atoms with van der Waals surface area (Å²) >= 11 is 0. The van der Waals surface area contributed by atoms with E-state index in [0.717, 1.165) is 29.7 Å². The zero-order chi connectivity index (χ0) is 20.7. The Labute approximate surface area is 172 Å². The highest BCUT2D eigenvalue weighted by molar-refractivity contribution is 5.82. The topological polar surface area (TPSA) is 125 Å². The van der Waals surface area contributed by atoms with Crippen LogP contribution in [0.4, 0.5) is 10.6 Å². The number of fused-ring (bicyclic) bond motifs is 2. The van der Waals surface area contributed by atoms with E-state index in [1.54, 1.807) is 6.33 Å². The number of anilines is 1. The Morgan fingerprint density at radius 2 is 2.03 bits per heavy atom. The van der Waals surface area contributed by atoms with Crippen molar-refractivity contribution in [2.45, 2.75) is 31.8 Å². The quantitative estimate of drug-likeness (QED) is 0.475. The maximum Gasteiger partial charge on any atom is 0.407 e. The second-order valence-corrected chi connectivity index (χ2v) is 7.52. The third kappa shape index (κ3) is 3.10. The van der Waals surface area contributed by atoms with Crippen molar-refractivity contribution in [2.24, 2.45) is 0 Å². The predicted molar refractivity (Wildman–Crippen MR) is 111 cm³/mol. The van der Waals surface area contributed by atoms with Crippen molar-refractivity contribution in [2.75, 3.05) is 18.4 Å². The predicted octanol–water partition coefficient (Wildman–Crippen LogP) is 3.19. The van der Waals surface area contributed by atoms with Gasteiger partial charge in [-0.25, -0.2) is 24.7 Å². The molecule has 30 heavy (non-hydrogen) atoms. The number of likely N-dealkylation sites (tertiary alicyclic amines) is 1. The molecule has 10 heteroatoms. The average molecular weight is 406 g/mol. The number of piperidine rings is 1. The Hall–Kier alpha value is -3.69. The van der Waals surface area contributed by atoms with Crippen molar-refractivity contribution >= 4 is 34.1 Å². The first-order valence-corrected chi connectivity index (χ1v) is 9.97. The van der Waals surface area contributed by atoms with E-state index < -0.39 is 6.09 Å². The molecule has 0 aliphatic carbocycles. The van der Waals surface area contributed by atoms with Crippen LogP contribution in [0.5, 0.6) is 0 Å². The molecule has 1 aliphatic heterocycles. The summed E-state index contributed by atoms with van der Waals surface area (Å²) in [6, 6.07) is 8.11. The summed E-state index contributed by atoms with van der Waals surface area (Å²) in [5.41, 5.74) is 3.34. The number of hydrogen-bond donors (Lipinski definition) is 3. The Morgan fingerprint density at radius 1 is 1.23 bits per heavy atom. The van der Waals surface area contributed by atoms with Crippen LogP contribution in [0.25, 0.3) is 22.2 Å². The molecule has 1 amide bonds. The van der Waals surface area contributed by atoms with Gasteiger partial charge in [0.15, 0.2) is 11.5 Å². The van der Waals surface area contributed by atoms with Crippen LogP contribution >= 0.6 is 0 Å². The summed E-state index contributed by atoms with van der Waals surface area (Å²) in [6.45, 7) is 3.09. The number of nitrogens with zero attached hydrogens (tertiary/aromatic N) is 6. The fraction of sp³-hybridized carbons (Fsp3) is 0.350. The number of H-pyrrole nitrogens is 1. The maximum absolute atomic E-state index is 11.3. The maximum atomic E-state index is 11.3. The van der Waals surface area contributed by atoms with Crippen LogP contribution in [0.3, 0.4) is 0 Å². The molecule has 10 nitrogen and oxygen atoms in total. The van der Waals surface area contributed by atoms with Gasteiger partial charge in [0.2, 0.25) is 0 Å². The van der Waals surface area contributed by atoms with Gasteiger partial charge in [-0.15, -0.1) is 0 Å². The Kier molecular flexibility index (Phi) is 4.46. The molecule has 0 bridgehead atoms. The smallest absolute Gasteiger partial charge is 0.407 e. The molecule has 0 radical (unpaired) electrons. The number of benzene rings is 1. The van der Waals surface area contributed by atoms with E-state index in [1.807, 2.05) is 25.1 Å². The second-order valence-electron chi connectivity index (χ2n) is 7.52. The van der Waals surface area contributed by atoms with E-state index in [4.69, 9.17) is 4.98 Å². The number of aromatic amines is 1. The van der Waals surface area contributed by atoms with Crippen molar-refractivity contribution < 1.29 is 9.90 Å². The lowest BCUT2D eigenvalue weighted by molar-refractivity contribution is 0.125. The van der Waals surface area contributed by atoms with E-state index in [2.05, 4.69) is 35.9 Å². The zero-order valence-corrected chi connectivity index (χ0v) is 16.5. The summed E-state index contributed by atoms with van der Waals surface area (Å²) in [4.78, 5) is 33.5. The van der Waals surface area contributed by atoms with Crippen molar-refractivity contribution in [3.63, 3.8) is 0 Å². The standard InChI is InChI=1S/C20H22N8O2/c1-12(25-18-16-17(22-10-21-16)23-11-24-18)19-26-14-4-2-3-5-15(14)28(19)13-6-8-27(9-7-13)20(29)30/h2-5,10-13H,6-9H2,1H3,(H,29,30)(H2,21,22,23,24,25). The first-order valence-electron chi connectivity index (χ1n) is 9.97. The molecule has 1 aromatic carbocycles. The molecule has 1 atom stereocenters. The molecule has 154 valence electrons. The highest BCUT2D eigenvalue weighted by atomic mass is 16.4. The number of nitrogens with one attached hydrogen (secondary N) is 2. The normalized spacial score (nSPS) is 16.2. The number of amides is 1. The van der Waals surface area contributed by atoms with Crippen LogP contribution in [0.15, 0.2) is 36.9 Å². The molecule has 3 N–H and O–H groups in total. The van der Waals surface area contributed by atoms with Crippen LogP contribution in [0, 0.1) is 0 Å². The number of imidazole rings is 2. The summed E-state index contributed by atoms with van der Waals surface area (Å²) < 4.78 is 2.26. The fourth-order valence-electron chi connectivity index (χ4n) is 4.21.